The van der Waals surface area contributed by atoms with Crippen molar-refractivity contribution in [2.75, 3.05) is 7.11 Å². The molecule has 1 aliphatic carbocycles. The van der Waals surface area contributed by atoms with Gasteiger partial charge in [-0.1, -0.05) is 0 Å². The molecule has 1 N–H and O–H groups in total. The van der Waals surface area contributed by atoms with Gasteiger partial charge in [0, 0.05) is 12.0 Å². The number of methoxy groups -OCH3 is 1. The summed E-state index contributed by atoms with van der Waals surface area (Å²) < 4.78 is 5.26. The number of hydrogen-bond donors (Lipinski definition) is 1. The first-order chi connectivity index (χ1) is 8.20. The Morgan fingerprint density at radius 1 is 1.35 bits per heavy atom. The number of aliphatic carboxylic acids is 1. The van der Waals surface area contributed by atoms with E-state index in [1.54, 1.807) is 7.11 Å². The topological polar surface area (TPSA) is 72.3 Å². The second-order valence-corrected chi connectivity index (χ2v) is 4.18. The second-order valence-electron chi connectivity index (χ2n) is 4.18. The Balaban J connectivity index is 2.26. The third kappa shape index (κ3) is 2.72. The number of carboxylic acid groups (broad SMARTS) is 1. The quantitative estimate of drug-likeness (QED) is 0.855. The zero-order chi connectivity index (χ0) is 12.3. The maximum atomic E-state index is 10.5. The van der Waals surface area contributed by atoms with Crippen molar-refractivity contribution in [2.45, 2.75) is 38.5 Å². The van der Waals surface area contributed by atoms with E-state index in [1.165, 1.54) is 0 Å². The molecule has 0 bridgehead atoms. The predicted octanol–water partition coefficient (Wildman–Crippen LogP) is 1.38. The van der Waals surface area contributed by atoms with E-state index >= 15 is 0 Å². The van der Waals surface area contributed by atoms with Crippen LogP contribution < -0.4 is 4.74 Å². The van der Waals surface area contributed by atoms with Gasteiger partial charge in [0.1, 0.15) is 5.82 Å². The van der Waals surface area contributed by atoms with Crippen molar-refractivity contribution in [3.63, 3.8) is 0 Å². The molecule has 0 amide bonds. The van der Waals surface area contributed by atoms with Crippen LogP contribution in [0.1, 0.15) is 36.3 Å². The molecule has 0 radical (unpaired) electrons. The molecule has 1 aliphatic rings. The van der Waals surface area contributed by atoms with Crippen molar-refractivity contribution in [2.24, 2.45) is 0 Å². The lowest BCUT2D eigenvalue weighted by molar-refractivity contribution is -0.137. The van der Waals surface area contributed by atoms with Crippen molar-refractivity contribution in [1.29, 1.82) is 0 Å². The first-order valence-electron chi connectivity index (χ1n) is 5.85. The Bertz CT molecular complexity index is 415. The number of aromatic nitrogens is 2. The van der Waals surface area contributed by atoms with Crippen LogP contribution in [0.5, 0.6) is 5.88 Å². The van der Waals surface area contributed by atoms with Crippen LogP contribution in [-0.4, -0.2) is 28.2 Å². The Hall–Kier alpha value is -1.65. The fourth-order valence-electron chi connectivity index (χ4n) is 2.11. The van der Waals surface area contributed by atoms with Gasteiger partial charge in [-0.05, 0) is 25.7 Å². The molecular weight excluding hydrogens is 220 g/mol. The summed E-state index contributed by atoms with van der Waals surface area (Å²) in [5.41, 5.74) is 2.13. The zero-order valence-electron chi connectivity index (χ0n) is 9.90. The molecule has 0 unspecified atom stereocenters. The molecule has 0 aromatic carbocycles. The van der Waals surface area contributed by atoms with Gasteiger partial charge in [0.25, 0.3) is 0 Å². The van der Waals surface area contributed by atoms with Gasteiger partial charge in [-0.3, -0.25) is 4.79 Å². The Kier molecular flexibility index (Phi) is 3.56. The minimum absolute atomic E-state index is 0.0575. The average Bonchev–Trinajstić information content (AvgIpc) is 2.35. The number of aryl methyl sites for hydroxylation is 2. The smallest absolute Gasteiger partial charge is 0.303 e. The molecule has 0 saturated carbocycles. The highest BCUT2D eigenvalue weighted by molar-refractivity contribution is 5.66. The van der Waals surface area contributed by atoms with Crippen LogP contribution in [0.4, 0.5) is 0 Å². The molecule has 5 nitrogen and oxygen atoms in total. The molecule has 17 heavy (non-hydrogen) atoms. The van der Waals surface area contributed by atoms with Crippen molar-refractivity contribution in [1.82, 2.24) is 9.97 Å². The standard InChI is InChI=1S/C12H16N2O3/c1-17-12-8-4-2-3-5-9(8)13-10(14-12)6-7-11(15)16/h2-7H2,1H3,(H,15,16). The van der Waals surface area contributed by atoms with Gasteiger partial charge in [-0.25, -0.2) is 4.98 Å². The summed E-state index contributed by atoms with van der Waals surface area (Å²) in [6.45, 7) is 0. The number of carbonyl (C=O) groups is 1. The van der Waals surface area contributed by atoms with E-state index in [9.17, 15) is 4.79 Å². The van der Waals surface area contributed by atoms with Gasteiger partial charge >= 0.3 is 5.97 Å². The van der Waals surface area contributed by atoms with E-state index in [0.29, 0.717) is 18.1 Å². The fraction of sp³-hybridized carbons (Fsp3) is 0.583. The normalized spacial score (nSPS) is 14.2. The van der Waals surface area contributed by atoms with Crippen LogP contribution in [0.3, 0.4) is 0 Å². The van der Waals surface area contributed by atoms with Gasteiger partial charge < -0.3 is 9.84 Å². The molecule has 5 heteroatoms. The SMILES string of the molecule is COc1nc(CCC(=O)O)nc2c1CCCC2. The van der Waals surface area contributed by atoms with E-state index < -0.39 is 5.97 Å². The first kappa shape index (κ1) is 11.8. The Morgan fingerprint density at radius 2 is 2.12 bits per heavy atom. The van der Waals surface area contributed by atoms with Crippen LogP contribution in [0.15, 0.2) is 0 Å². The summed E-state index contributed by atoms with van der Waals surface area (Å²) in [6, 6.07) is 0. The summed E-state index contributed by atoms with van der Waals surface area (Å²) in [5, 5.41) is 8.65. The van der Waals surface area contributed by atoms with Gasteiger partial charge in [0.15, 0.2) is 0 Å². The van der Waals surface area contributed by atoms with E-state index in [0.717, 1.165) is 36.9 Å². The van der Waals surface area contributed by atoms with Crippen LogP contribution >= 0.6 is 0 Å². The molecule has 1 heterocycles. The number of fused-ring (bicyclic) bond motifs is 1. The summed E-state index contributed by atoms with van der Waals surface area (Å²) in [4.78, 5) is 19.2. The molecule has 1 aromatic rings. The minimum atomic E-state index is -0.828. The molecular formula is C12H16N2O3. The zero-order valence-corrected chi connectivity index (χ0v) is 9.90. The van der Waals surface area contributed by atoms with Gasteiger partial charge in [-0.2, -0.15) is 4.98 Å². The number of nitrogens with zero attached hydrogens (tertiary/aromatic N) is 2. The van der Waals surface area contributed by atoms with Gasteiger partial charge in [-0.15, -0.1) is 0 Å². The average molecular weight is 236 g/mol. The monoisotopic (exact) mass is 236 g/mol. The molecule has 0 spiro atoms. The van der Waals surface area contributed by atoms with Crippen molar-refractivity contribution >= 4 is 5.97 Å². The third-order valence-electron chi connectivity index (χ3n) is 2.95. The Morgan fingerprint density at radius 3 is 2.82 bits per heavy atom. The lowest BCUT2D eigenvalue weighted by Gasteiger charge is -2.17. The second kappa shape index (κ2) is 5.12. The summed E-state index contributed by atoms with van der Waals surface area (Å²) in [7, 11) is 1.60. The largest absolute Gasteiger partial charge is 0.481 e. The molecule has 2 rings (SSSR count). The van der Waals surface area contributed by atoms with E-state index in [4.69, 9.17) is 9.84 Å². The summed E-state index contributed by atoms with van der Waals surface area (Å²) >= 11 is 0. The predicted molar refractivity (Wildman–Crippen MR) is 61.2 cm³/mol. The van der Waals surface area contributed by atoms with Crippen LogP contribution in [0, 0.1) is 0 Å². The highest BCUT2D eigenvalue weighted by atomic mass is 16.5. The van der Waals surface area contributed by atoms with Gasteiger partial charge in [0.05, 0.1) is 19.2 Å². The highest BCUT2D eigenvalue weighted by Crippen LogP contribution is 2.26. The van der Waals surface area contributed by atoms with E-state index in [2.05, 4.69) is 9.97 Å². The van der Waals surface area contributed by atoms with Crippen LogP contribution in [0.25, 0.3) is 0 Å². The minimum Gasteiger partial charge on any atom is -0.481 e. The summed E-state index contributed by atoms with van der Waals surface area (Å²) in [5.74, 6) is 0.366. The van der Waals surface area contributed by atoms with E-state index in [1.807, 2.05) is 0 Å². The number of rotatable bonds is 4. The molecule has 92 valence electrons. The molecule has 0 atom stereocenters. The number of carboxylic acids is 1. The lowest BCUT2D eigenvalue weighted by atomic mass is 9.97. The number of ether oxygens (including phenoxy) is 1. The van der Waals surface area contributed by atoms with Gasteiger partial charge in [0.2, 0.25) is 5.88 Å². The van der Waals surface area contributed by atoms with Crippen LogP contribution in [-0.2, 0) is 24.1 Å². The molecule has 0 saturated heterocycles. The molecule has 0 aliphatic heterocycles. The van der Waals surface area contributed by atoms with E-state index in [-0.39, 0.29) is 6.42 Å². The highest BCUT2D eigenvalue weighted by Gasteiger charge is 2.18. The number of hydrogen-bond acceptors (Lipinski definition) is 4. The van der Waals surface area contributed by atoms with Crippen LogP contribution in [0.2, 0.25) is 0 Å². The third-order valence-corrected chi connectivity index (χ3v) is 2.95. The van der Waals surface area contributed by atoms with Crippen molar-refractivity contribution in [3.05, 3.63) is 17.1 Å². The molecule has 1 aromatic heterocycles. The van der Waals surface area contributed by atoms with Crippen molar-refractivity contribution in [3.8, 4) is 5.88 Å². The summed E-state index contributed by atoms with van der Waals surface area (Å²) in [6.07, 6.45) is 4.58. The maximum Gasteiger partial charge on any atom is 0.303 e. The van der Waals surface area contributed by atoms with Crippen molar-refractivity contribution < 1.29 is 14.6 Å². The Labute approximate surface area is 99.9 Å². The lowest BCUT2D eigenvalue weighted by Crippen LogP contribution is -2.12. The maximum absolute atomic E-state index is 10.5. The molecule has 0 fully saturated rings. The first-order valence-corrected chi connectivity index (χ1v) is 5.85. The fourth-order valence-corrected chi connectivity index (χ4v) is 2.11.